The van der Waals surface area contributed by atoms with Crippen molar-refractivity contribution in [3.05, 3.63) is 46.5 Å². The Bertz CT molecular complexity index is 769. The van der Waals surface area contributed by atoms with Crippen LogP contribution in [0.5, 0.6) is 0 Å². The van der Waals surface area contributed by atoms with E-state index in [2.05, 4.69) is 24.3 Å². The van der Waals surface area contributed by atoms with Gasteiger partial charge in [-0.1, -0.05) is 13.8 Å². The molecule has 1 aromatic heterocycles. The van der Waals surface area contributed by atoms with Gasteiger partial charge in [0.15, 0.2) is 17.5 Å². The van der Waals surface area contributed by atoms with E-state index in [0.717, 1.165) is 29.9 Å². The van der Waals surface area contributed by atoms with Gasteiger partial charge in [0.2, 0.25) is 5.91 Å². The predicted molar refractivity (Wildman–Crippen MR) is 85.2 cm³/mol. The molecule has 0 atom stereocenters. The van der Waals surface area contributed by atoms with Gasteiger partial charge < -0.3 is 5.32 Å². The number of anilines is 1. The molecule has 0 fully saturated rings. The number of hydrogen-bond acceptors (Lipinski definition) is 2. The fraction of sp³-hybridized carbons (Fsp3) is 0.412. The van der Waals surface area contributed by atoms with Crippen molar-refractivity contribution in [3.63, 3.8) is 0 Å². The van der Waals surface area contributed by atoms with Crippen LogP contribution in [0.15, 0.2) is 12.1 Å². The Hall–Kier alpha value is -2.31. The fourth-order valence-corrected chi connectivity index (χ4v) is 2.49. The quantitative estimate of drug-likeness (QED) is 0.843. The Morgan fingerprint density at radius 2 is 1.88 bits per heavy atom. The smallest absolute Gasteiger partial charge is 0.229 e. The molecule has 0 saturated heterocycles. The molecular weight excluding hydrogens is 319 g/mol. The minimum atomic E-state index is -1.61. The molecule has 0 aliphatic heterocycles. The second-order valence-corrected chi connectivity index (χ2v) is 6.17. The molecule has 1 N–H and O–H groups in total. The van der Waals surface area contributed by atoms with Crippen molar-refractivity contribution >= 4 is 11.6 Å². The number of halogens is 3. The van der Waals surface area contributed by atoms with E-state index >= 15 is 0 Å². The van der Waals surface area contributed by atoms with Crippen LogP contribution in [0.25, 0.3) is 0 Å². The highest BCUT2D eigenvalue weighted by Gasteiger charge is 2.18. The van der Waals surface area contributed by atoms with Gasteiger partial charge in [0.1, 0.15) is 0 Å². The first kappa shape index (κ1) is 18.0. The highest BCUT2D eigenvalue weighted by atomic mass is 19.2. The van der Waals surface area contributed by atoms with Crippen LogP contribution in [0, 0.1) is 37.2 Å². The third-order valence-corrected chi connectivity index (χ3v) is 3.72. The summed E-state index contributed by atoms with van der Waals surface area (Å²) in [5.74, 6) is -4.43. The summed E-state index contributed by atoms with van der Waals surface area (Å²) >= 11 is 0. The maximum atomic E-state index is 13.6. The number of nitrogens with one attached hydrogen (secondary N) is 1. The van der Waals surface area contributed by atoms with Gasteiger partial charge in [0.05, 0.1) is 17.8 Å². The maximum absolute atomic E-state index is 13.6. The monoisotopic (exact) mass is 339 g/mol. The maximum Gasteiger partial charge on any atom is 0.229 e. The summed E-state index contributed by atoms with van der Waals surface area (Å²) < 4.78 is 41.6. The molecule has 0 aliphatic rings. The standard InChI is InChI=1S/C17H20F3N3O/c1-9(2)8-23-11(4)12(10(3)22-23)7-15(24)21-14-6-5-13(18)16(19)17(14)20/h5-6,9H,7-8H2,1-4H3,(H,21,24). The fourth-order valence-electron chi connectivity index (χ4n) is 2.49. The molecule has 1 amide bonds. The van der Waals surface area contributed by atoms with Crippen molar-refractivity contribution in [2.45, 2.75) is 40.7 Å². The van der Waals surface area contributed by atoms with Gasteiger partial charge in [-0.05, 0) is 31.9 Å². The Morgan fingerprint density at radius 1 is 1.21 bits per heavy atom. The van der Waals surface area contributed by atoms with Crippen molar-refractivity contribution in [3.8, 4) is 0 Å². The average molecular weight is 339 g/mol. The molecule has 0 bridgehead atoms. The summed E-state index contributed by atoms with van der Waals surface area (Å²) in [4.78, 5) is 12.1. The molecule has 4 nitrogen and oxygen atoms in total. The van der Waals surface area contributed by atoms with Gasteiger partial charge >= 0.3 is 0 Å². The third-order valence-electron chi connectivity index (χ3n) is 3.72. The van der Waals surface area contributed by atoms with Crippen LogP contribution in [0.2, 0.25) is 0 Å². The molecule has 0 spiro atoms. The number of carbonyl (C=O) groups excluding carboxylic acids is 1. The van der Waals surface area contributed by atoms with Crippen molar-refractivity contribution < 1.29 is 18.0 Å². The average Bonchev–Trinajstić information content (AvgIpc) is 2.75. The first-order valence-corrected chi connectivity index (χ1v) is 7.67. The SMILES string of the molecule is Cc1nn(CC(C)C)c(C)c1CC(=O)Nc1ccc(F)c(F)c1F. The van der Waals surface area contributed by atoms with Crippen LogP contribution in [0.4, 0.5) is 18.9 Å². The second-order valence-electron chi connectivity index (χ2n) is 6.17. The van der Waals surface area contributed by atoms with Crippen LogP contribution >= 0.6 is 0 Å². The zero-order valence-corrected chi connectivity index (χ0v) is 14.1. The highest BCUT2D eigenvalue weighted by molar-refractivity contribution is 5.92. The van der Waals surface area contributed by atoms with Gasteiger partial charge in [-0.25, -0.2) is 13.2 Å². The van der Waals surface area contributed by atoms with E-state index in [4.69, 9.17) is 0 Å². The van der Waals surface area contributed by atoms with E-state index in [1.165, 1.54) is 0 Å². The molecule has 130 valence electrons. The first-order chi connectivity index (χ1) is 11.2. The van der Waals surface area contributed by atoms with E-state index in [1.54, 1.807) is 6.92 Å². The lowest BCUT2D eigenvalue weighted by Crippen LogP contribution is -2.17. The molecule has 0 radical (unpaired) electrons. The van der Waals surface area contributed by atoms with Crippen molar-refractivity contribution in [1.29, 1.82) is 0 Å². The van der Waals surface area contributed by atoms with E-state index in [1.807, 2.05) is 11.6 Å². The first-order valence-electron chi connectivity index (χ1n) is 7.67. The topological polar surface area (TPSA) is 46.9 Å². The Balaban J connectivity index is 2.16. The molecule has 0 aliphatic carbocycles. The molecule has 7 heteroatoms. The van der Waals surface area contributed by atoms with E-state index in [9.17, 15) is 18.0 Å². The minimum absolute atomic E-state index is 0.0196. The summed E-state index contributed by atoms with van der Waals surface area (Å²) in [5, 5.41) is 6.68. The van der Waals surface area contributed by atoms with Gasteiger partial charge in [0, 0.05) is 17.8 Å². The molecule has 2 aromatic rings. The third kappa shape index (κ3) is 3.77. The highest BCUT2D eigenvalue weighted by Crippen LogP contribution is 2.21. The number of rotatable bonds is 5. The molecule has 0 saturated carbocycles. The molecule has 0 unspecified atom stereocenters. The molecule has 1 heterocycles. The zero-order valence-electron chi connectivity index (χ0n) is 14.1. The zero-order chi connectivity index (χ0) is 18.0. The lowest BCUT2D eigenvalue weighted by molar-refractivity contribution is -0.115. The van der Waals surface area contributed by atoms with Gasteiger partial charge in [0.25, 0.3) is 0 Å². The largest absolute Gasteiger partial charge is 0.323 e. The van der Waals surface area contributed by atoms with Gasteiger partial charge in [-0.3, -0.25) is 9.48 Å². The van der Waals surface area contributed by atoms with E-state index in [-0.39, 0.29) is 12.1 Å². The lowest BCUT2D eigenvalue weighted by Gasteiger charge is -2.09. The summed E-state index contributed by atoms with van der Waals surface area (Å²) in [6, 6.07) is 1.76. The van der Waals surface area contributed by atoms with Crippen LogP contribution in [0.3, 0.4) is 0 Å². The molecular formula is C17H20F3N3O. The van der Waals surface area contributed by atoms with Crippen LogP contribution in [-0.2, 0) is 17.8 Å². The summed E-state index contributed by atoms with van der Waals surface area (Å²) in [7, 11) is 0. The van der Waals surface area contributed by atoms with Crippen LogP contribution in [0.1, 0.15) is 30.8 Å². The van der Waals surface area contributed by atoms with Crippen molar-refractivity contribution in [2.24, 2.45) is 5.92 Å². The van der Waals surface area contributed by atoms with E-state index in [0.29, 0.717) is 11.6 Å². The molecule has 2 rings (SSSR count). The minimum Gasteiger partial charge on any atom is -0.323 e. The Kier molecular flexibility index (Phi) is 5.31. The lowest BCUT2D eigenvalue weighted by atomic mass is 10.1. The predicted octanol–water partition coefficient (Wildman–Crippen LogP) is 3.75. The number of carbonyl (C=O) groups is 1. The molecule has 24 heavy (non-hydrogen) atoms. The van der Waals surface area contributed by atoms with E-state index < -0.39 is 23.4 Å². The Morgan fingerprint density at radius 3 is 2.50 bits per heavy atom. The number of amides is 1. The second kappa shape index (κ2) is 7.07. The summed E-state index contributed by atoms with van der Waals surface area (Å²) in [6.07, 6.45) is -0.0196. The van der Waals surface area contributed by atoms with Crippen molar-refractivity contribution in [2.75, 3.05) is 5.32 Å². The van der Waals surface area contributed by atoms with Gasteiger partial charge in [-0.2, -0.15) is 5.10 Å². The number of hydrogen-bond donors (Lipinski definition) is 1. The van der Waals surface area contributed by atoms with Gasteiger partial charge in [-0.15, -0.1) is 0 Å². The number of aryl methyl sites for hydroxylation is 1. The Labute approximate surface area is 138 Å². The number of aromatic nitrogens is 2. The van der Waals surface area contributed by atoms with Crippen molar-refractivity contribution in [1.82, 2.24) is 9.78 Å². The summed E-state index contributed by atoms with van der Waals surface area (Å²) in [5.41, 5.74) is 1.94. The number of nitrogens with zero attached hydrogens (tertiary/aromatic N) is 2. The normalized spacial score (nSPS) is 11.2. The molecule has 1 aromatic carbocycles. The van der Waals surface area contributed by atoms with Crippen LogP contribution < -0.4 is 5.32 Å². The summed E-state index contributed by atoms with van der Waals surface area (Å²) in [6.45, 7) is 8.52. The van der Waals surface area contributed by atoms with Crippen LogP contribution in [-0.4, -0.2) is 15.7 Å². The number of benzene rings is 1.